The number of hydrogen-bond acceptors (Lipinski definition) is 5. The smallest absolute Gasteiger partial charge is 0.340 e. The lowest BCUT2D eigenvalue weighted by Crippen LogP contribution is -2.33. The van der Waals surface area contributed by atoms with Crippen molar-refractivity contribution in [3.05, 3.63) is 57.8 Å². The van der Waals surface area contributed by atoms with Gasteiger partial charge in [0.05, 0.1) is 16.8 Å². The predicted octanol–water partition coefficient (Wildman–Crippen LogP) is 3.83. The minimum absolute atomic E-state index is 0.129. The third-order valence-electron chi connectivity index (χ3n) is 3.38. The SMILES string of the molecule is Cc1cc(C(=O)Nc2ccc(OCC(F)(F)C(F)F)nc2)ccc1[N+](=O)[O-]. The maximum atomic E-state index is 12.8. The number of carbonyl (C=O) groups excluding carboxylic acids is 1. The number of pyridine rings is 1. The van der Waals surface area contributed by atoms with Crippen LogP contribution in [0.4, 0.5) is 28.9 Å². The Balaban J connectivity index is 2.01. The van der Waals surface area contributed by atoms with Gasteiger partial charge < -0.3 is 10.1 Å². The predicted molar refractivity (Wildman–Crippen MR) is 86.5 cm³/mol. The van der Waals surface area contributed by atoms with Gasteiger partial charge in [-0.3, -0.25) is 14.9 Å². The lowest BCUT2D eigenvalue weighted by atomic mass is 10.1. The summed E-state index contributed by atoms with van der Waals surface area (Å²) in [7, 11) is 0. The molecule has 0 radical (unpaired) electrons. The van der Waals surface area contributed by atoms with Crippen LogP contribution in [0.3, 0.4) is 0 Å². The van der Waals surface area contributed by atoms with Gasteiger partial charge in [-0.25, -0.2) is 13.8 Å². The molecule has 1 aromatic heterocycles. The van der Waals surface area contributed by atoms with Crippen LogP contribution in [0.25, 0.3) is 0 Å². The molecule has 1 aromatic carbocycles. The van der Waals surface area contributed by atoms with E-state index in [2.05, 4.69) is 15.0 Å². The molecule has 0 bridgehead atoms. The monoisotopic (exact) mass is 387 g/mol. The van der Waals surface area contributed by atoms with Gasteiger partial charge in [-0.15, -0.1) is 0 Å². The van der Waals surface area contributed by atoms with E-state index >= 15 is 0 Å². The number of alkyl halides is 4. The lowest BCUT2D eigenvalue weighted by Gasteiger charge is -2.15. The maximum Gasteiger partial charge on any atom is 0.340 e. The third-order valence-corrected chi connectivity index (χ3v) is 3.38. The van der Waals surface area contributed by atoms with Crippen molar-refractivity contribution in [1.29, 1.82) is 0 Å². The number of rotatable bonds is 7. The Morgan fingerprint density at radius 2 is 2.04 bits per heavy atom. The van der Waals surface area contributed by atoms with Gasteiger partial charge in [0.1, 0.15) is 0 Å². The zero-order valence-electron chi connectivity index (χ0n) is 13.8. The molecule has 0 fully saturated rings. The van der Waals surface area contributed by atoms with Crippen LogP contribution in [0.5, 0.6) is 5.88 Å². The zero-order valence-corrected chi connectivity index (χ0v) is 13.8. The molecule has 2 aromatic rings. The van der Waals surface area contributed by atoms with E-state index in [4.69, 9.17) is 0 Å². The molecule has 11 heteroatoms. The van der Waals surface area contributed by atoms with Crippen molar-refractivity contribution in [1.82, 2.24) is 4.98 Å². The Morgan fingerprint density at radius 1 is 1.33 bits per heavy atom. The molecule has 1 heterocycles. The molecule has 0 unspecified atom stereocenters. The number of aryl methyl sites for hydroxylation is 1. The standard InChI is InChI=1S/C16H13F4N3O4/c1-9-6-10(2-4-12(9)23(25)26)14(24)22-11-3-5-13(21-7-11)27-8-16(19,20)15(17)18/h2-7,15H,8H2,1H3,(H,22,24). The van der Waals surface area contributed by atoms with Crippen LogP contribution in [0, 0.1) is 17.0 Å². The second-order valence-corrected chi connectivity index (χ2v) is 5.45. The van der Waals surface area contributed by atoms with Crippen LogP contribution in [-0.4, -0.2) is 34.8 Å². The van der Waals surface area contributed by atoms with Crippen molar-refractivity contribution >= 4 is 17.3 Å². The van der Waals surface area contributed by atoms with Gasteiger partial charge in [0.2, 0.25) is 5.88 Å². The van der Waals surface area contributed by atoms with E-state index in [-0.39, 0.29) is 22.8 Å². The molecular formula is C16H13F4N3O4. The Hall–Kier alpha value is -3.24. The van der Waals surface area contributed by atoms with Gasteiger partial charge >= 0.3 is 12.3 Å². The summed E-state index contributed by atoms with van der Waals surface area (Å²) >= 11 is 0. The fourth-order valence-electron chi connectivity index (χ4n) is 1.98. The topological polar surface area (TPSA) is 94.4 Å². The lowest BCUT2D eigenvalue weighted by molar-refractivity contribution is -0.385. The number of anilines is 1. The normalized spacial score (nSPS) is 11.3. The van der Waals surface area contributed by atoms with Crippen LogP contribution in [0.15, 0.2) is 36.5 Å². The third kappa shape index (κ3) is 5.12. The average molecular weight is 387 g/mol. The summed E-state index contributed by atoms with van der Waals surface area (Å²) in [6, 6.07) is 6.21. The van der Waals surface area contributed by atoms with Gasteiger partial charge in [-0.05, 0) is 25.1 Å². The molecule has 0 saturated heterocycles. The molecule has 0 aliphatic heterocycles. The summed E-state index contributed by atoms with van der Waals surface area (Å²) in [5.74, 6) is -5.20. The minimum atomic E-state index is -4.30. The highest BCUT2D eigenvalue weighted by molar-refractivity contribution is 6.04. The molecule has 2 rings (SSSR count). The van der Waals surface area contributed by atoms with Crippen LogP contribution in [0.2, 0.25) is 0 Å². The molecule has 1 amide bonds. The van der Waals surface area contributed by atoms with Crippen molar-refractivity contribution in [3.63, 3.8) is 0 Å². The quantitative estimate of drug-likeness (QED) is 0.443. The van der Waals surface area contributed by atoms with E-state index in [0.717, 1.165) is 12.3 Å². The van der Waals surface area contributed by atoms with E-state index < -0.39 is 29.8 Å². The van der Waals surface area contributed by atoms with Gasteiger partial charge in [0.15, 0.2) is 6.61 Å². The molecule has 0 atom stereocenters. The number of halogens is 4. The maximum absolute atomic E-state index is 12.8. The summed E-state index contributed by atoms with van der Waals surface area (Å²) in [4.78, 5) is 26.0. The second kappa shape index (κ2) is 7.98. The summed E-state index contributed by atoms with van der Waals surface area (Å²) in [5, 5.41) is 13.2. The Labute approximate surface area is 150 Å². The number of nitrogens with one attached hydrogen (secondary N) is 1. The highest BCUT2D eigenvalue weighted by Gasteiger charge is 2.41. The van der Waals surface area contributed by atoms with E-state index in [0.29, 0.717) is 5.56 Å². The summed E-state index contributed by atoms with van der Waals surface area (Å²) in [6.45, 7) is -0.0524. The number of ether oxygens (including phenoxy) is 1. The number of benzene rings is 1. The summed E-state index contributed by atoms with van der Waals surface area (Å²) < 4.78 is 54.2. The van der Waals surface area contributed by atoms with Crippen LogP contribution >= 0.6 is 0 Å². The summed E-state index contributed by atoms with van der Waals surface area (Å²) in [6.07, 6.45) is -2.77. The second-order valence-electron chi connectivity index (χ2n) is 5.45. The first kappa shape index (κ1) is 20.1. The van der Waals surface area contributed by atoms with Crippen molar-refractivity contribution in [2.45, 2.75) is 19.3 Å². The zero-order chi connectivity index (χ0) is 20.2. The van der Waals surface area contributed by atoms with E-state index in [1.54, 1.807) is 0 Å². The van der Waals surface area contributed by atoms with Crippen molar-refractivity contribution in [3.8, 4) is 5.88 Å². The largest absolute Gasteiger partial charge is 0.471 e. The van der Waals surface area contributed by atoms with E-state index in [9.17, 15) is 32.5 Å². The van der Waals surface area contributed by atoms with Crippen molar-refractivity contribution < 1.29 is 32.0 Å². The molecule has 0 aliphatic carbocycles. The molecular weight excluding hydrogens is 374 g/mol. The molecule has 0 saturated carbocycles. The van der Waals surface area contributed by atoms with Gasteiger partial charge in [-0.2, -0.15) is 8.78 Å². The van der Waals surface area contributed by atoms with Crippen LogP contribution < -0.4 is 10.1 Å². The molecule has 144 valence electrons. The minimum Gasteiger partial charge on any atom is -0.471 e. The first-order valence-electron chi connectivity index (χ1n) is 7.41. The van der Waals surface area contributed by atoms with Gasteiger partial charge in [0.25, 0.3) is 11.6 Å². The van der Waals surface area contributed by atoms with Crippen molar-refractivity contribution in [2.24, 2.45) is 0 Å². The number of nitro benzene ring substituents is 1. The Morgan fingerprint density at radius 3 is 2.56 bits per heavy atom. The number of carbonyl (C=O) groups is 1. The first-order chi connectivity index (χ1) is 12.6. The number of amides is 1. The number of aromatic nitrogens is 1. The molecule has 0 aliphatic rings. The number of nitrogens with zero attached hydrogens (tertiary/aromatic N) is 2. The van der Waals surface area contributed by atoms with E-state index in [1.807, 2.05) is 0 Å². The molecule has 7 nitrogen and oxygen atoms in total. The molecule has 27 heavy (non-hydrogen) atoms. The number of hydrogen-bond donors (Lipinski definition) is 1. The first-order valence-corrected chi connectivity index (χ1v) is 7.41. The van der Waals surface area contributed by atoms with Crippen LogP contribution in [-0.2, 0) is 0 Å². The highest BCUT2D eigenvalue weighted by atomic mass is 19.3. The Bertz CT molecular complexity index is 844. The molecule has 0 spiro atoms. The van der Waals surface area contributed by atoms with Gasteiger partial charge in [0, 0.05) is 23.3 Å². The summed E-state index contributed by atoms with van der Waals surface area (Å²) in [5.41, 5.74) is 0.517. The van der Waals surface area contributed by atoms with Crippen LogP contribution in [0.1, 0.15) is 15.9 Å². The Kier molecular flexibility index (Phi) is 5.93. The van der Waals surface area contributed by atoms with Gasteiger partial charge in [-0.1, -0.05) is 0 Å². The fraction of sp³-hybridized carbons (Fsp3) is 0.250. The van der Waals surface area contributed by atoms with E-state index in [1.165, 1.54) is 31.2 Å². The molecule has 1 N–H and O–H groups in total. The average Bonchev–Trinajstić information content (AvgIpc) is 2.60. The number of nitro groups is 1. The highest BCUT2D eigenvalue weighted by Crippen LogP contribution is 2.24. The fourth-order valence-corrected chi connectivity index (χ4v) is 1.98. The van der Waals surface area contributed by atoms with Crippen molar-refractivity contribution in [2.75, 3.05) is 11.9 Å².